The Morgan fingerprint density at radius 1 is 1.47 bits per heavy atom. The first kappa shape index (κ1) is 13.0. The third-order valence-corrected chi connectivity index (χ3v) is 4.89. The predicted molar refractivity (Wildman–Crippen MR) is 75.0 cm³/mol. The van der Waals surface area contributed by atoms with Crippen molar-refractivity contribution < 1.29 is 4.79 Å². The summed E-state index contributed by atoms with van der Waals surface area (Å²) < 4.78 is 0. The van der Waals surface area contributed by atoms with E-state index in [1.54, 1.807) is 11.8 Å². The Balaban J connectivity index is 2.02. The molecule has 0 spiro atoms. The fraction of sp³-hybridized carbons (Fsp3) is 0.500. The highest BCUT2D eigenvalue weighted by atomic mass is 35.5. The molecule has 3 heteroatoms. The molecule has 1 saturated heterocycles. The molecular formula is C14H17ClOS. The summed E-state index contributed by atoms with van der Waals surface area (Å²) in [5, 5.41) is 0.917. The van der Waals surface area contributed by atoms with Crippen LogP contribution in [0.15, 0.2) is 18.2 Å². The molecule has 2 rings (SSSR count). The number of Topliss-reactive ketones (excluding diaryl/α,β-unsaturated/α-hetero) is 1. The maximum Gasteiger partial charge on any atom is 0.150 e. The van der Waals surface area contributed by atoms with Gasteiger partial charge in [-0.2, -0.15) is 11.8 Å². The molecule has 0 N–H and O–H groups in total. The third kappa shape index (κ3) is 3.49. The number of hydrogen-bond acceptors (Lipinski definition) is 2. The van der Waals surface area contributed by atoms with Crippen LogP contribution in [0.5, 0.6) is 0 Å². The molecule has 1 aliphatic heterocycles. The van der Waals surface area contributed by atoms with E-state index in [0.717, 1.165) is 28.3 Å². The molecule has 1 unspecified atom stereocenters. The quantitative estimate of drug-likeness (QED) is 0.823. The largest absolute Gasteiger partial charge is 0.298 e. The molecule has 0 aromatic heterocycles. The SMILES string of the molecule is Cc1ccc(CC(=O)C2CCCCS2)c(Cl)c1. The van der Waals surface area contributed by atoms with Crippen molar-refractivity contribution in [1.82, 2.24) is 0 Å². The van der Waals surface area contributed by atoms with Gasteiger partial charge in [0.2, 0.25) is 0 Å². The average molecular weight is 269 g/mol. The number of benzene rings is 1. The summed E-state index contributed by atoms with van der Waals surface area (Å²) in [6, 6.07) is 5.92. The molecule has 1 aliphatic rings. The van der Waals surface area contributed by atoms with Gasteiger partial charge in [-0.05, 0) is 42.7 Å². The van der Waals surface area contributed by atoms with Crippen LogP contribution < -0.4 is 0 Å². The third-order valence-electron chi connectivity index (χ3n) is 3.11. The smallest absolute Gasteiger partial charge is 0.150 e. The standard InChI is InChI=1S/C14H17ClOS/c1-10-5-6-11(12(15)8-10)9-13(16)14-4-2-3-7-17-14/h5-6,8,14H,2-4,7,9H2,1H3. The van der Waals surface area contributed by atoms with Gasteiger partial charge in [0.1, 0.15) is 5.78 Å². The lowest BCUT2D eigenvalue weighted by molar-refractivity contribution is -0.118. The van der Waals surface area contributed by atoms with Gasteiger partial charge >= 0.3 is 0 Å². The van der Waals surface area contributed by atoms with Crippen LogP contribution in [-0.2, 0) is 11.2 Å². The molecule has 0 amide bonds. The lowest BCUT2D eigenvalue weighted by Gasteiger charge is -2.20. The minimum atomic E-state index is 0.195. The Morgan fingerprint density at radius 2 is 2.29 bits per heavy atom. The molecule has 0 aliphatic carbocycles. The van der Waals surface area contributed by atoms with Crippen LogP contribution in [0.2, 0.25) is 5.02 Å². The highest BCUT2D eigenvalue weighted by Gasteiger charge is 2.22. The van der Waals surface area contributed by atoms with Gasteiger partial charge in [-0.15, -0.1) is 0 Å². The van der Waals surface area contributed by atoms with Crippen LogP contribution in [0, 0.1) is 6.92 Å². The van der Waals surface area contributed by atoms with Crippen molar-refractivity contribution >= 4 is 29.1 Å². The van der Waals surface area contributed by atoms with Crippen LogP contribution >= 0.6 is 23.4 Å². The van der Waals surface area contributed by atoms with Crippen molar-refractivity contribution in [2.45, 2.75) is 37.9 Å². The zero-order chi connectivity index (χ0) is 12.3. The molecule has 1 atom stereocenters. The Morgan fingerprint density at radius 3 is 2.94 bits per heavy atom. The number of aryl methyl sites for hydroxylation is 1. The first-order valence-electron chi connectivity index (χ1n) is 6.06. The second-order valence-electron chi connectivity index (χ2n) is 4.59. The molecule has 92 valence electrons. The molecule has 0 radical (unpaired) electrons. The zero-order valence-corrected chi connectivity index (χ0v) is 11.6. The van der Waals surface area contributed by atoms with Crippen molar-refractivity contribution in [1.29, 1.82) is 0 Å². The number of halogens is 1. The topological polar surface area (TPSA) is 17.1 Å². The molecule has 0 bridgehead atoms. The minimum absolute atomic E-state index is 0.195. The van der Waals surface area contributed by atoms with E-state index in [0.29, 0.717) is 12.2 Å². The maximum atomic E-state index is 12.1. The van der Waals surface area contributed by atoms with Gasteiger partial charge in [0, 0.05) is 11.4 Å². The number of carbonyl (C=O) groups excluding carboxylic acids is 1. The van der Waals surface area contributed by atoms with E-state index in [-0.39, 0.29) is 5.25 Å². The number of ketones is 1. The first-order chi connectivity index (χ1) is 8.16. The van der Waals surface area contributed by atoms with Gasteiger partial charge in [-0.25, -0.2) is 0 Å². The van der Waals surface area contributed by atoms with Crippen molar-refractivity contribution in [3.63, 3.8) is 0 Å². The Bertz CT molecular complexity index is 411. The summed E-state index contributed by atoms with van der Waals surface area (Å²) in [6.45, 7) is 2.01. The van der Waals surface area contributed by atoms with E-state index in [1.807, 2.05) is 25.1 Å². The normalized spacial score (nSPS) is 20.2. The van der Waals surface area contributed by atoms with E-state index < -0.39 is 0 Å². The fourth-order valence-corrected chi connectivity index (χ4v) is 3.65. The van der Waals surface area contributed by atoms with E-state index in [9.17, 15) is 4.79 Å². The Labute approximate surface area is 112 Å². The molecule has 1 fully saturated rings. The van der Waals surface area contributed by atoms with Crippen LogP contribution in [-0.4, -0.2) is 16.8 Å². The lowest BCUT2D eigenvalue weighted by atomic mass is 10.0. The minimum Gasteiger partial charge on any atom is -0.298 e. The summed E-state index contributed by atoms with van der Waals surface area (Å²) in [4.78, 5) is 12.1. The van der Waals surface area contributed by atoms with Crippen molar-refractivity contribution in [2.75, 3.05) is 5.75 Å². The lowest BCUT2D eigenvalue weighted by Crippen LogP contribution is -2.22. The fourth-order valence-electron chi connectivity index (χ4n) is 2.09. The predicted octanol–water partition coefficient (Wildman–Crippen LogP) is 4.05. The number of thioether (sulfide) groups is 1. The number of rotatable bonds is 3. The second kappa shape index (κ2) is 5.92. The van der Waals surface area contributed by atoms with Crippen molar-refractivity contribution in [2.24, 2.45) is 0 Å². The molecule has 1 aromatic rings. The summed E-state index contributed by atoms with van der Waals surface area (Å²) in [5.41, 5.74) is 2.10. The van der Waals surface area contributed by atoms with Gasteiger partial charge in [0.15, 0.2) is 0 Å². The molecule has 0 saturated carbocycles. The molecule has 1 heterocycles. The van der Waals surface area contributed by atoms with Crippen LogP contribution in [0.3, 0.4) is 0 Å². The van der Waals surface area contributed by atoms with Crippen molar-refractivity contribution in [3.05, 3.63) is 34.3 Å². The number of carbonyl (C=O) groups is 1. The van der Waals surface area contributed by atoms with Gasteiger partial charge < -0.3 is 0 Å². The van der Waals surface area contributed by atoms with E-state index in [4.69, 9.17) is 11.6 Å². The highest BCUT2D eigenvalue weighted by molar-refractivity contribution is 8.00. The Hall–Kier alpha value is -0.470. The van der Waals surface area contributed by atoms with Gasteiger partial charge in [0.25, 0.3) is 0 Å². The number of hydrogen-bond donors (Lipinski definition) is 0. The monoisotopic (exact) mass is 268 g/mol. The summed E-state index contributed by atoms with van der Waals surface area (Å²) in [5.74, 6) is 1.46. The summed E-state index contributed by atoms with van der Waals surface area (Å²) in [7, 11) is 0. The molecular weight excluding hydrogens is 252 g/mol. The molecule has 17 heavy (non-hydrogen) atoms. The summed E-state index contributed by atoms with van der Waals surface area (Å²) >= 11 is 7.96. The van der Waals surface area contributed by atoms with Gasteiger partial charge in [-0.1, -0.05) is 30.2 Å². The van der Waals surface area contributed by atoms with Crippen molar-refractivity contribution in [3.8, 4) is 0 Å². The summed E-state index contributed by atoms with van der Waals surface area (Å²) in [6.07, 6.45) is 3.95. The van der Waals surface area contributed by atoms with E-state index >= 15 is 0 Å². The van der Waals surface area contributed by atoms with Gasteiger partial charge in [-0.3, -0.25) is 4.79 Å². The second-order valence-corrected chi connectivity index (χ2v) is 6.31. The average Bonchev–Trinajstić information content (AvgIpc) is 2.34. The highest BCUT2D eigenvalue weighted by Crippen LogP contribution is 2.27. The maximum absolute atomic E-state index is 12.1. The van der Waals surface area contributed by atoms with Gasteiger partial charge in [0.05, 0.1) is 5.25 Å². The van der Waals surface area contributed by atoms with Crippen LogP contribution in [0.4, 0.5) is 0 Å². The van der Waals surface area contributed by atoms with Crippen LogP contribution in [0.1, 0.15) is 30.4 Å². The van der Waals surface area contributed by atoms with E-state index in [2.05, 4.69) is 0 Å². The van der Waals surface area contributed by atoms with Crippen LogP contribution in [0.25, 0.3) is 0 Å². The first-order valence-corrected chi connectivity index (χ1v) is 7.49. The zero-order valence-electron chi connectivity index (χ0n) is 10.0. The van der Waals surface area contributed by atoms with E-state index in [1.165, 1.54) is 12.8 Å². The molecule has 1 nitrogen and oxygen atoms in total. The molecule has 1 aromatic carbocycles. The Kier molecular flexibility index (Phi) is 4.52.